The first kappa shape index (κ1) is 29.5. The minimum absolute atomic E-state index is 0.102. The van der Waals surface area contributed by atoms with E-state index in [-0.39, 0.29) is 41.1 Å². The summed E-state index contributed by atoms with van der Waals surface area (Å²) in [7, 11) is -6.40. The van der Waals surface area contributed by atoms with Crippen molar-refractivity contribution in [3.63, 3.8) is 0 Å². The van der Waals surface area contributed by atoms with Crippen LogP contribution in [0.15, 0.2) is 30.0 Å². The molecule has 0 bridgehead atoms. The van der Waals surface area contributed by atoms with E-state index < -0.39 is 35.3 Å². The summed E-state index contributed by atoms with van der Waals surface area (Å²) in [6, 6.07) is 6.16. The fraction of sp³-hybridized carbons (Fsp3) is 0.714. The Labute approximate surface area is 226 Å². The quantitative estimate of drug-likeness (QED) is 0.201. The smallest absolute Gasteiger partial charge is 0.497 e. The zero-order chi connectivity index (χ0) is 28.5. The summed E-state index contributed by atoms with van der Waals surface area (Å²) in [5, 5.41) is -0.102. The van der Waals surface area contributed by atoms with Crippen LogP contribution in [0.1, 0.15) is 64.5 Å². The first-order valence-electron chi connectivity index (χ1n) is 13.4. The Morgan fingerprint density at radius 1 is 1.16 bits per heavy atom. The summed E-state index contributed by atoms with van der Waals surface area (Å²) in [5.41, 5.74) is -3.46. The van der Waals surface area contributed by atoms with Crippen LogP contribution in [0.3, 0.4) is 0 Å². The molecule has 0 unspecified atom stereocenters. The van der Waals surface area contributed by atoms with Gasteiger partial charge in [-0.2, -0.15) is 21.6 Å². The summed E-state index contributed by atoms with van der Waals surface area (Å²) >= 11 is 0. The molecular weight excluding hydrogens is 533 g/mol. The molecule has 0 aliphatic heterocycles. The van der Waals surface area contributed by atoms with E-state index in [0.29, 0.717) is 0 Å². The number of benzene rings is 1. The molecule has 1 aromatic carbocycles. The number of hydrogen-bond acceptors (Lipinski definition) is 5. The molecular formula is C28H41F3O5SSi. The van der Waals surface area contributed by atoms with Crippen molar-refractivity contribution in [2.24, 2.45) is 29.1 Å². The molecule has 214 valence electrons. The second-order valence-electron chi connectivity index (χ2n) is 13.2. The second kappa shape index (κ2) is 9.54. The van der Waals surface area contributed by atoms with Gasteiger partial charge in [-0.3, -0.25) is 0 Å². The highest BCUT2D eigenvalue weighted by atomic mass is 32.2. The van der Waals surface area contributed by atoms with Gasteiger partial charge in [0.05, 0.1) is 7.11 Å². The predicted octanol–water partition coefficient (Wildman–Crippen LogP) is 7.41. The number of ether oxygens (including phenoxy) is 1. The Bertz CT molecular complexity index is 1200. The topological polar surface area (TPSA) is 61.8 Å². The molecule has 0 radical (unpaired) electrons. The average Bonchev–Trinajstić information content (AvgIpc) is 3.05. The molecule has 0 spiro atoms. The molecule has 10 heteroatoms. The molecule has 1 fully saturated rings. The van der Waals surface area contributed by atoms with Gasteiger partial charge in [-0.25, -0.2) is 0 Å². The molecule has 1 aromatic rings. The van der Waals surface area contributed by atoms with Gasteiger partial charge in [0.15, 0.2) is 8.32 Å². The van der Waals surface area contributed by atoms with Crippen molar-refractivity contribution >= 4 is 18.4 Å². The van der Waals surface area contributed by atoms with Gasteiger partial charge in [-0.05, 0) is 95.8 Å². The van der Waals surface area contributed by atoms with E-state index in [9.17, 15) is 21.6 Å². The monoisotopic (exact) mass is 574 g/mol. The Morgan fingerprint density at radius 3 is 2.39 bits per heavy atom. The molecule has 38 heavy (non-hydrogen) atoms. The Balaban J connectivity index is 1.74. The number of alkyl halides is 3. The first-order chi connectivity index (χ1) is 17.3. The van der Waals surface area contributed by atoms with Crippen LogP contribution in [0.2, 0.25) is 18.1 Å². The van der Waals surface area contributed by atoms with Crippen molar-refractivity contribution in [2.45, 2.75) is 83.4 Å². The minimum Gasteiger partial charge on any atom is -0.497 e. The molecule has 6 atom stereocenters. The maximum atomic E-state index is 13.4. The Hall–Kier alpha value is -1.52. The molecule has 4 rings (SSSR count). The van der Waals surface area contributed by atoms with Crippen LogP contribution >= 0.6 is 0 Å². The summed E-state index contributed by atoms with van der Waals surface area (Å²) in [6.07, 6.45) is 4.13. The van der Waals surface area contributed by atoms with E-state index in [4.69, 9.17) is 13.3 Å². The summed E-state index contributed by atoms with van der Waals surface area (Å²) in [5.74, 6) is 0.631. The fourth-order valence-corrected chi connectivity index (χ4v) is 8.26. The van der Waals surface area contributed by atoms with Crippen LogP contribution in [0, 0.1) is 29.1 Å². The van der Waals surface area contributed by atoms with E-state index in [2.05, 4.69) is 59.8 Å². The molecule has 0 saturated heterocycles. The molecule has 0 amide bonds. The van der Waals surface area contributed by atoms with Gasteiger partial charge in [0.1, 0.15) is 11.5 Å². The van der Waals surface area contributed by atoms with Crippen molar-refractivity contribution in [3.8, 4) is 5.75 Å². The lowest BCUT2D eigenvalue weighted by atomic mass is 9.51. The summed E-state index contributed by atoms with van der Waals surface area (Å²) in [4.78, 5) is 0. The number of halogens is 3. The van der Waals surface area contributed by atoms with Gasteiger partial charge >= 0.3 is 15.6 Å². The standard InChI is InChI=1S/C28H41F3O5SSi/c1-17-13-18-14-19(34-6)9-10-20(18)21-11-12-27(5)22(25(17)21)15-24(36-37(32,33)28(29,30)31)23(27)16-35-38(7,8)26(2,3)4/h9-10,14-15,17,21-23,25H,11-13,16H2,1-8H3/t17-,21-,22-,23-,25-,27+/m1/s1. The third-order valence-electron chi connectivity index (χ3n) is 9.97. The largest absolute Gasteiger partial charge is 0.534 e. The Kier molecular flexibility index (Phi) is 7.40. The van der Waals surface area contributed by atoms with E-state index >= 15 is 0 Å². The number of hydrogen-bond donors (Lipinski definition) is 0. The van der Waals surface area contributed by atoms with Gasteiger partial charge < -0.3 is 13.3 Å². The van der Waals surface area contributed by atoms with Crippen LogP contribution in [0.25, 0.3) is 0 Å². The van der Waals surface area contributed by atoms with Crippen LogP contribution in [-0.2, 0) is 25.1 Å². The van der Waals surface area contributed by atoms with Gasteiger partial charge in [0.25, 0.3) is 0 Å². The molecule has 0 N–H and O–H groups in total. The first-order valence-corrected chi connectivity index (χ1v) is 17.7. The lowest BCUT2D eigenvalue weighted by Crippen LogP contribution is -2.48. The van der Waals surface area contributed by atoms with Crippen molar-refractivity contribution < 1.29 is 34.9 Å². The molecule has 3 aliphatic rings. The summed E-state index contributed by atoms with van der Waals surface area (Å²) in [6.45, 7) is 14.9. The highest BCUT2D eigenvalue weighted by molar-refractivity contribution is 7.87. The van der Waals surface area contributed by atoms with Crippen molar-refractivity contribution in [1.82, 2.24) is 0 Å². The van der Waals surface area contributed by atoms with Crippen LogP contribution < -0.4 is 4.74 Å². The van der Waals surface area contributed by atoms with Crippen molar-refractivity contribution in [2.75, 3.05) is 13.7 Å². The third-order valence-corrected chi connectivity index (χ3v) is 15.5. The van der Waals surface area contributed by atoms with Crippen LogP contribution in [-0.4, -0.2) is 36.0 Å². The number of fused-ring (bicyclic) bond motifs is 5. The highest BCUT2D eigenvalue weighted by Gasteiger charge is 2.59. The lowest BCUT2D eigenvalue weighted by Gasteiger charge is -2.53. The van der Waals surface area contributed by atoms with Crippen molar-refractivity contribution in [1.29, 1.82) is 0 Å². The zero-order valence-corrected chi connectivity index (χ0v) is 25.4. The molecule has 3 aliphatic carbocycles. The lowest BCUT2D eigenvalue weighted by molar-refractivity contribution is -0.0541. The zero-order valence-electron chi connectivity index (χ0n) is 23.6. The number of allylic oxidation sites excluding steroid dienone is 1. The number of rotatable bonds is 6. The number of methoxy groups -OCH3 is 1. The van der Waals surface area contributed by atoms with E-state index in [0.717, 1.165) is 25.0 Å². The SMILES string of the molecule is COc1ccc2c(c1)C[C@@H](C)[C@@H]1[C@@H]2CC[C@]2(C)[C@H](CO[Si](C)(C)C(C)(C)C)C(OS(=O)(=O)C(F)(F)F)=C[C@H]12. The molecule has 0 heterocycles. The maximum Gasteiger partial charge on any atom is 0.534 e. The third kappa shape index (κ3) is 4.94. The highest BCUT2D eigenvalue weighted by Crippen LogP contribution is 2.64. The molecule has 0 aromatic heterocycles. The van der Waals surface area contributed by atoms with Crippen LogP contribution in [0.4, 0.5) is 13.2 Å². The van der Waals surface area contributed by atoms with E-state index in [1.54, 1.807) is 13.2 Å². The molecule has 1 saturated carbocycles. The maximum absolute atomic E-state index is 13.4. The second-order valence-corrected chi connectivity index (χ2v) is 19.5. The van der Waals surface area contributed by atoms with Gasteiger partial charge in [-0.1, -0.05) is 40.7 Å². The van der Waals surface area contributed by atoms with E-state index in [1.807, 2.05) is 6.07 Å². The van der Waals surface area contributed by atoms with Crippen molar-refractivity contribution in [3.05, 3.63) is 41.2 Å². The van der Waals surface area contributed by atoms with E-state index in [1.165, 1.54) is 11.1 Å². The Morgan fingerprint density at radius 2 is 1.82 bits per heavy atom. The summed E-state index contributed by atoms with van der Waals surface area (Å²) < 4.78 is 81.4. The normalized spacial score (nSPS) is 31.7. The van der Waals surface area contributed by atoms with Gasteiger partial charge in [0.2, 0.25) is 0 Å². The fourth-order valence-electron chi connectivity index (χ4n) is 6.73. The van der Waals surface area contributed by atoms with Gasteiger partial charge in [0, 0.05) is 12.5 Å². The minimum atomic E-state index is -5.79. The predicted molar refractivity (Wildman–Crippen MR) is 144 cm³/mol. The van der Waals surface area contributed by atoms with Crippen LogP contribution in [0.5, 0.6) is 5.75 Å². The average molecular weight is 575 g/mol. The van der Waals surface area contributed by atoms with Gasteiger partial charge in [-0.15, -0.1) is 0 Å². The molecule has 5 nitrogen and oxygen atoms in total.